The third kappa shape index (κ3) is 4.19. The number of halogens is 1. The number of hydrogen-bond donors (Lipinski definition) is 1. The molecule has 0 aliphatic rings. The van der Waals surface area contributed by atoms with Gasteiger partial charge in [0.05, 0.1) is 4.90 Å². The Bertz CT molecular complexity index is 594. The molecule has 0 fully saturated rings. The van der Waals surface area contributed by atoms with E-state index in [1.54, 1.807) is 19.2 Å². The molecule has 1 aromatic carbocycles. The van der Waals surface area contributed by atoms with Gasteiger partial charge in [0.1, 0.15) is 0 Å². The molecule has 0 aromatic heterocycles. The highest BCUT2D eigenvalue weighted by Gasteiger charge is 2.32. The predicted octanol–water partition coefficient (Wildman–Crippen LogP) is 3.11. The van der Waals surface area contributed by atoms with E-state index in [-0.39, 0.29) is 16.4 Å². The molecule has 0 amide bonds. The van der Waals surface area contributed by atoms with E-state index < -0.39 is 10.0 Å². The van der Waals surface area contributed by atoms with Gasteiger partial charge < -0.3 is 5.32 Å². The van der Waals surface area contributed by atoms with E-state index in [1.807, 2.05) is 34.7 Å². The summed E-state index contributed by atoms with van der Waals surface area (Å²) in [5.74, 6) is 0. The van der Waals surface area contributed by atoms with Crippen LogP contribution in [0, 0.1) is 5.41 Å². The summed E-state index contributed by atoms with van der Waals surface area (Å²) in [5.41, 5.74) is 0.738. The largest absolute Gasteiger partial charge is 0.316 e. The summed E-state index contributed by atoms with van der Waals surface area (Å²) in [6.07, 6.45) is 0. The van der Waals surface area contributed by atoms with Crippen molar-refractivity contribution in [3.8, 4) is 0 Å². The van der Waals surface area contributed by atoms with Gasteiger partial charge in [-0.1, -0.05) is 38.4 Å². The fourth-order valence-corrected chi connectivity index (χ4v) is 3.83. The van der Waals surface area contributed by atoms with Crippen molar-refractivity contribution in [3.05, 3.63) is 28.8 Å². The molecule has 120 valence electrons. The smallest absolute Gasteiger partial charge is 0.243 e. The maximum Gasteiger partial charge on any atom is 0.243 e. The van der Waals surface area contributed by atoms with Gasteiger partial charge in [-0.2, -0.15) is 4.31 Å². The molecule has 0 radical (unpaired) electrons. The highest BCUT2D eigenvalue weighted by molar-refractivity contribution is 7.89. The van der Waals surface area contributed by atoms with Gasteiger partial charge in [0.2, 0.25) is 10.0 Å². The second-order valence-electron chi connectivity index (χ2n) is 6.35. The topological polar surface area (TPSA) is 49.4 Å². The van der Waals surface area contributed by atoms with E-state index in [0.29, 0.717) is 11.6 Å². The lowest BCUT2D eigenvalue weighted by Crippen LogP contribution is -2.42. The normalized spacial score (nSPS) is 14.5. The molecule has 0 heterocycles. The van der Waals surface area contributed by atoms with Crippen molar-refractivity contribution >= 4 is 21.6 Å². The molecule has 1 N–H and O–H groups in total. The summed E-state index contributed by atoms with van der Waals surface area (Å²) >= 11 is 6.17. The Hall–Kier alpha value is -0.620. The number of hydrogen-bond acceptors (Lipinski definition) is 3. The predicted molar refractivity (Wildman–Crippen MR) is 88.1 cm³/mol. The second kappa shape index (κ2) is 6.65. The summed E-state index contributed by atoms with van der Waals surface area (Å²) in [6, 6.07) is 4.76. The van der Waals surface area contributed by atoms with Crippen LogP contribution in [-0.4, -0.2) is 32.9 Å². The Balaban J connectivity index is 3.17. The Morgan fingerprint density at radius 2 is 1.90 bits per heavy atom. The maximum absolute atomic E-state index is 12.7. The van der Waals surface area contributed by atoms with Crippen LogP contribution < -0.4 is 5.32 Å². The third-order valence-corrected chi connectivity index (χ3v) is 6.14. The zero-order valence-corrected chi connectivity index (χ0v) is 15.1. The third-order valence-electron chi connectivity index (χ3n) is 3.87. The summed E-state index contributed by atoms with van der Waals surface area (Å²) < 4.78 is 26.8. The fourth-order valence-electron chi connectivity index (χ4n) is 1.94. The first-order valence-electron chi connectivity index (χ1n) is 6.93. The van der Waals surface area contributed by atoms with Crippen molar-refractivity contribution in [2.45, 2.75) is 45.2 Å². The summed E-state index contributed by atoms with van der Waals surface area (Å²) in [6.45, 7) is 8.58. The lowest BCUT2D eigenvalue weighted by Gasteiger charge is -2.34. The monoisotopic (exact) mass is 332 g/mol. The van der Waals surface area contributed by atoms with E-state index >= 15 is 0 Å². The lowest BCUT2D eigenvalue weighted by molar-refractivity contribution is 0.216. The van der Waals surface area contributed by atoms with E-state index in [1.165, 1.54) is 10.4 Å². The van der Waals surface area contributed by atoms with Crippen LogP contribution in [0.1, 0.15) is 33.3 Å². The van der Waals surface area contributed by atoms with Gasteiger partial charge in [-0.25, -0.2) is 8.42 Å². The zero-order valence-electron chi connectivity index (χ0n) is 13.6. The molecule has 0 aliphatic carbocycles. The number of rotatable bonds is 5. The minimum atomic E-state index is -3.55. The lowest BCUT2D eigenvalue weighted by atomic mass is 9.88. The number of nitrogens with one attached hydrogen (secondary N) is 1. The number of nitrogens with zero attached hydrogens (tertiary/aromatic N) is 1. The van der Waals surface area contributed by atoms with Crippen LogP contribution >= 0.6 is 11.6 Å². The molecule has 1 atom stereocenters. The molecule has 0 spiro atoms. The average Bonchev–Trinajstić information content (AvgIpc) is 2.38. The summed E-state index contributed by atoms with van der Waals surface area (Å²) in [5, 5.41) is 3.46. The van der Waals surface area contributed by atoms with E-state index in [2.05, 4.69) is 5.32 Å². The molecule has 1 aromatic rings. The van der Waals surface area contributed by atoms with Crippen molar-refractivity contribution in [3.63, 3.8) is 0 Å². The van der Waals surface area contributed by atoms with Crippen LogP contribution in [0.15, 0.2) is 23.1 Å². The van der Waals surface area contributed by atoms with Gasteiger partial charge in [0.15, 0.2) is 0 Å². The van der Waals surface area contributed by atoms with Crippen molar-refractivity contribution in [2.75, 3.05) is 14.1 Å². The Kier molecular flexibility index (Phi) is 5.83. The summed E-state index contributed by atoms with van der Waals surface area (Å²) in [4.78, 5) is 0.228. The fraction of sp³-hybridized carbons (Fsp3) is 0.600. The minimum absolute atomic E-state index is 0.127. The van der Waals surface area contributed by atoms with Crippen molar-refractivity contribution in [1.82, 2.24) is 9.62 Å². The zero-order chi connectivity index (χ0) is 16.4. The molecule has 0 aliphatic heterocycles. The average molecular weight is 333 g/mol. The standard InChI is InChI=1S/C15H25ClN2O2S/c1-11(15(2,3)4)18(6)21(19,20)13-8-7-12(10-17-5)14(16)9-13/h7-9,11,17H,10H2,1-6H3. The molecule has 6 heteroatoms. The molecule has 0 bridgehead atoms. The van der Waals surface area contributed by atoms with Gasteiger partial charge in [-0.3, -0.25) is 0 Å². The van der Waals surface area contributed by atoms with Crippen LogP contribution in [0.3, 0.4) is 0 Å². The van der Waals surface area contributed by atoms with Gasteiger partial charge in [-0.05, 0) is 37.1 Å². The maximum atomic E-state index is 12.7. The molecule has 4 nitrogen and oxygen atoms in total. The van der Waals surface area contributed by atoms with Crippen molar-refractivity contribution < 1.29 is 8.42 Å². The Morgan fingerprint density at radius 1 is 1.33 bits per heavy atom. The first-order chi connectivity index (χ1) is 9.51. The molecule has 0 saturated heterocycles. The second-order valence-corrected chi connectivity index (χ2v) is 8.75. The Morgan fingerprint density at radius 3 is 2.33 bits per heavy atom. The van der Waals surface area contributed by atoms with E-state index in [4.69, 9.17) is 11.6 Å². The van der Waals surface area contributed by atoms with Crippen molar-refractivity contribution in [1.29, 1.82) is 0 Å². The first kappa shape index (κ1) is 18.4. The molecule has 1 unspecified atom stereocenters. The highest BCUT2D eigenvalue weighted by Crippen LogP contribution is 2.29. The van der Waals surface area contributed by atoms with E-state index in [0.717, 1.165) is 5.56 Å². The molecule has 1 rings (SSSR count). The SMILES string of the molecule is CNCc1ccc(S(=O)(=O)N(C)C(C)C(C)(C)C)cc1Cl. The molecular formula is C15H25ClN2O2S. The van der Waals surface area contributed by atoms with Crippen LogP contribution in [0.2, 0.25) is 5.02 Å². The van der Waals surface area contributed by atoms with Crippen LogP contribution in [0.4, 0.5) is 0 Å². The van der Waals surface area contributed by atoms with Gasteiger partial charge in [0, 0.05) is 24.7 Å². The first-order valence-corrected chi connectivity index (χ1v) is 8.74. The Labute approximate surface area is 133 Å². The highest BCUT2D eigenvalue weighted by atomic mass is 35.5. The minimum Gasteiger partial charge on any atom is -0.316 e. The number of benzene rings is 1. The van der Waals surface area contributed by atoms with Crippen LogP contribution in [0.5, 0.6) is 0 Å². The molecule has 0 saturated carbocycles. The van der Waals surface area contributed by atoms with Crippen LogP contribution in [-0.2, 0) is 16.6 Å². The quantitative estimate of drug-likeness (QED) is 0.901. The van der Waals surface area contributed by atoms with Gasteiger partial charge in [-0.15, -0.1) is 0 Å². The van der Waals surface area contributed by atoms with Crippen LogP contribution in [0.25, 0.3) is 0 Å². The number of sulfonamides is 1. The summed E-state index contributed by atoms with van der Waals surface area (Å²) in [7, 11) is -0.116. The molecular weight excluding hydrogens is 308 g/mol. The van der Waals surface area contributed by atoms with Gasteiger partial charge in [0.25, 0.3) is 0 Å². The molecule has 21 heavy (non-hydrogen) atoms. The van der Waals surface area contributed by atoms with Crippen molar-refractivity contribution in [2.24, 2.45) is 5.41 Å². The van der Waals surface area contributed by atoms with E-state index in [9.17, 15) is 8.42 Å². The van der Waals surface area contributed by atoms with Gasteiger partial charge >= 0.3 is 0 Å².